The summed E-state index contributed by atoms with van der Waals surface area (Å²) in [5.74, 6) is 1.29. The van der Waals surface area contributed by atoms with Crippen molar-refractivity contribution in [2.45, 2.75) is 46.2 Å². The molecule has 5 nitrogen and oxygen atoms in total. The average molecular weight is 240 g/mol. The molecule has 5 heteroatoms. The molecule has 0 saturated carbocycles. The molecule has 1 aromatic heterocycles. The third kappa shape index (κ3) is 3.70. The Morgan fingerprint density at radius 1 is 1.24 bits per heavy atom. The summed E-state index contributed by atoms with van der Waals surface area (Å²) in [4.78, 5) is 2.04. The molecule has 0 amide bonds. The van der Waals surface area contributed by atoms with Gasteiger partial charge in [0.25, 0.3) is 0 Å². The average Bonchev–Trinajstić information content (AvgIpc) is 2.75. The third-order valence-electron chi connectivity index (χ3n) is 3.01. The predicted octanol–water partition coefficient (Wildman–Crippen LogP) is 2.22. The number of hydrogen-bond donors (Lipinski definition) is 1. The maximum Gasteiger partial charge on any atom is 0.318 e. The second kappa shape index (κ2) is 6.00. The lowest BCUT2D eigenvalue weighted by Gasteiger charge is -2.24. The number of rotatable bonds is 6. The first kappa shape index (κ1) is 14.0. The normalized spacial score (nSPS) is 15.0. The molecule has 1 rings (SSSR count). The molecular weight excluding hydrogens is 216 g/mol. The van der Waals surface area contributed by atoms with E-state index < -0.39 is 0 Å². The van der Waals surface area contributed by atoms with Gasteiger partial charge in [0.1, 0.15) is 0 Å². The molecule has 0 aliphatic carbocycles. The van der Waals surface area contributed by atoms with Crippen molar-refractivity contribution < 1.29 is 4.42 Å². The van der Waals surface area contributed by atoms with Gasteiger partial charge in [-0.15, -0.1) is 5.10 Å². The van der Waals surface area contributed by atoms with Crippen molar-refractivity contribution in [3.05, 3.63) is 5.89 Å². The van der Waals surface area contributed by atoms with Crippen LogP contribution in [0, 0.1) is 5.92 Å². The second-order valence-corrected chi connectivity index (χ2v) is 5.02. The maximum atomic E-state index is 5.64. The van der Waals surface area contributed by atoms with Gasteiger partial charge in [-0.25, -0.2) is 0 Å². The lowest BCUT2D eigenvalue weighted by molar-refractivity contribution is 0.416. The molecular formula is C12H24N4O. The topological polar surface area (TPSA) is 54.2 Å². The van der Waals surface area contributed by atoms with Gasteiger partial charge in [0.15, 0.2) is 0 Å². The summed E-state index contributed by atoms with van der Waals surface area (Å²) in [7, 11) is 3.87. The summed E-state index contributed by atoms with van der Waals surface area (Å²) < 4.78 is 5.64. The van der Waals surface area contributed by atoms with E-state index in [9.17, 15) is 0 Å². The van der Waals surface area contributed by atoms with Gasteiger partial charge in [-0.3, -0.25) is 0 Å². The largest absolute Gasteiger partial charge is 0.406 e. The van der Waals surface area contributed by atoms with E-state index in [4.69, 9.17) is 4.42 Å². The fraction of sp³-hybridized carbons (Fsp3) is 0.833. The Bertz CT molecular complexity index is 337. The molecule has 2 atom stereocenters. The molecule has 0 bridgehead atoms. The van der Waals surface area contributed by atoms with Gasteiger partial charge in [0.2, 0.25) is 5.89 Å². The highest BCUT2D eigenvalue weighted by molar-refractivity contribution is 5.24. The van der Waals surface area contributed by atoms with Crippen LogP contribution in [-0.4, -0.2) is 30.3 Å². The lowest BCUT2D eigenvalue weighted by atomic mass is 10.0. The molecule has 0 saturated heterocycles. The van der Waals surface area contributed by atoms with E-state index >= 15 is 0 Å². The highest BCUT2D eigenvalue weighted by Crippen LogP contribution is 2.20. The summed E-state index contributed by atoms with van der Waals surface area (Å²) in [5.41, 5.74) is 0. The quantitative estimate of drug-likeness (QED) is 0.826. The minimum atomic E-state index is 0.0880. The van der Waals surface area contributed by atoms with Crippen molar-refractivity contribution in [2.24, 2.45) is 5.92 Å². The molecule has 0 radical (unpaired) electrons. The maximum absolute atomic E-state index is 5.64. The lowest BCUT2D eigenvalue weighted by Crippen LogP contribution is -2.30. The van der Waals surface area contributed by atoms with Crippen molar-refractivity contribution in [1.29, 1.82) is 0 Å². The Morgan fingerprint density at radius 3 is 2.41 bits per heavy atom. The van der Waals surface area contributed by atoms with Gasteiger partial charge in [-0.05, 0) is 33.2 Å². The predicted molar refractivity (Wildman–Crippen MR) is 69.1 cm³/mol. The summed E-state index contributed by atoms with van der Waals surface area (Å²) in [6, 6.07) is 1.08. The van der Waals surface area contributed by atoms with Crippen LogP contribution in [0.15, 0.2) is 4.42 Å². The molecule has 98 valence electrons. The Hall–Kier alpha value is -1.10. The van der Waals surface area contributed by atoms with E-state index in [1.807, 2.05) is 25.9 Å². The minimum absolute atomic E-state index is 0.0880. The van der Waals surface area contributed by atoms with E-state index in [1.165, 1.54) is 0 Å². The molecule has 2 unspecified atom stereocenters. The van der Waals surface area contributed by atoms with E-state index in [0.717, 1.165) is 6.42 Å². The molecule has 1 aromatic rings. The molecule has 0 spiro atoms. The molecule has 17 heavy (non-hydrogen) atoms. The Kier molecular flexibility index (Phi) is 4.93. The van der Waals surface area contributed by atoms with E-state index in [-0.39, 0.29) is 6.04 Å². The van der Waals surface area contributed by atoms with Gasteiger partial charge in [0.05, 0.1) is 6.04 Å². The van der Waals surface area contributed by atoms with Gasteiger partial charge in [-0.2, -0.15) is 0 Å². The number of nitrogens with one attached hydrogen (secondary N) is 1. The number of anilines is 1. The number of nitrogens with zero attached hydrogens (tertiary/aromatic N) is 3. The standard InChI is InChI=1S/C12H24N4O/c1-8(2)7-9(3)16(6)12-15-14-11(17-12)10(4)13-5/h8-10,13H,7H2,1-6H3. The Balaban J connectivity index is 2.69. The zero-order valence-electron chi connectivity index (χ0n) is 11.7. The fourth-order valence-electron chi connectivity index (χ4n) is 1.70. The monoisotopic (exact) mass is 240 g/mol. The molecule has 0 aliphatic heterocycles. The number of aromatic nitrogens is 2. The molecule has 0 aromatic carbocycles. The van der Waals surface area contributed by atoms with Crippen LogP contribution in [0.1, 0.15) is 46.0 Å². The van der Waals surface area contributed by atoms with Crippen molar-refractivity contribution >= 4 is 6.01 Å². The van der Waals surface area contributed by atoms with Crippen LogP contribution >= 0.6 is 0 Å². The fourth-order valence-corrected chi connectivity index (χ4v) is 1.70. The molecule has 1 heterocycles. The zero-order chi connectivity index (χ0) is 13.0. The van der Waals surface area contributed by atoms with Crippen molar-refractivity contribution in [2.75, 3.05) is 19.0 Å². The van der Waals surface area contributed by atoms with Crippen LogP contribution in [-0.2, 0) is 0 Å². The summed E-state index contributed by atoms with van der Waals surface area (Å²) in [6.45, 7) is 8.60. The van der Waals surface area contributed by atoms with Crippen LogP contribution in [0.2, 0.25) is 0 Å². The molecule has 0 fully saturated rings. The first-order valence-corrected chi connectivity index (χ1v) is 6.19. The van der Waals surface area contributed by atoms with Crippen LogP contribution in [0.5, 0.6) is 0 Å². The second-order valence-electron chi connectivity index (χ2n) is 5.02. The Morgan fingerprint density at radius 2 is 1.88 bits per heavy atom. The first-order valence-electron chi connectivity index (χ1n) is 6.19. The van der Waals surface area contributed by atoms with Crippen molar-refractivity contribution in [3.8, 4) is 0 Å². The SMILES string of the molecule is CNC(C)c1nnc(N(C)C(C)CC(C)C)o1. The van der Waals surface area contributed by atoms with E-state index in [1.54, 1.807) is 0 Å². The smallest absolute Gasteiger partial charge is 0.318 e. The van der Waals surface area contributed by atoms with Gasteiger partial charge in [0, 0.05) is 13.1 Å². The van der Waals surface area contributed by atoms with Crippen molar-refractivity contribution in [3.63, 3.8) is 0 Å². The third-order valence-corrected chi connectivity index (χ3v) is 3.01. The summed E-state index contributed by atoms with van der Waals surface area (Å²) in [6.07, 6.45) is 1.11. The van der Waals surface area contributed by atoms with Crippen LogP contribution in [0.3, 0.4) is 0 Å². The minimum Gasteiger partial charge on any atom is -0.406 e. The first-order chi connectivity index (χ1) is 7.95. The molecule has 1 N–H and O–H groups in total. The van der Waals surface area contributed by atoms with Gasteiger partial charge < -0.3 is 14.6 Å². The summed E-state index contributed by atoms with van der Waals surface area (Å²) >= 11 is 0. The van der Waals surface area contributed by atoms with Gasteiger partial charge >= 0.3 is 6.01 Å². The Labute approximate surface area is 104 Å². The van der Waals surface area contributed by atoms with Crippen LogP contribution < -0.4 is 10.2 Å². The zero-order valence-corrected chi connectivity index (χ0v) is 11.7. The summed E-state index contributed by atoms with van der Waals surface area (Å²) in [5, 5.41) is 11.2. The van der Waals surface area contributed by atoms with Gasteiger partial charge in [-0.1, -0.05) is 18.9 Å². The van der Waals surface area contributed by atoms with E-state index in [2.05, 4.69) is 36.3 Å². The van der Waals surface area contributed by atoms with Crippen molar-refractivity contribution in [1.82, 2.24) is 15.5 Å². The highest BCUT2D eigenvalue weighted by Gasteiger charge is 2.19. The van der Waals surface area contributed by atoms with Crippen LogP contribution in [0.4, 0.5) is 6.01 Å². The highest BCUT2D eigenvalue weighted by atomic mass is 16.4. The van der Waals surface area contributed by atoms with E-state index in [0.29, 0.717) is 23.9 Å². The van der Waals surface area contributed by atoms with Crippen LogP contribution in [0.25, 0.3) is 0 Å². The number of hydrogen-bond acceptors (Lipinski definition) is 5. The molecule has 0 aliphatic rings.